The maximum absolute atomic E-state index is 12.8. The molecule has 0 spiro atoms. The molecule has 7 nitrogen and oxygen atoms in total. The van der Waals surface area contributed by atoms with Gasteiger partial charge < -0.3 is 15.0 Å². The number of nitrogens with zero attached hydrogens (tertiary/aromatic N) is 4. The van der Waals surface area contributed by atoms with Gasteiger partial charge in [0.05, 0.1) is 18.0 Å². The van der Waals surface area contributed by atoms with Gasteiger partial charge in [-0.05, 0) is 31.0 Å². The normalized spacial score (nSPS) is 25.9. The van der Waals surface area contributed by atoms with Crippen LogP contribution in [0.1, 0.15) is 12.8 Å². The van der Waals surface area contributed by atoms with Gasteiger partial charge >= 0.3 is 0 Å². The van der Waals surface area contributed by atoms with Crippen molar-refractivity contribution in [2.24, 2.45) is 11.8 Å². The smallest absolute Gasteiger partial charge is 0.228 e. The van der Waals surface area contributed by atoms with Crippen LogP contribution in [0.3, 0.4) is 0 Å². The van der Waals surface area contributed by atoms with Crippen molar-refractivity contribution in [1.29, 1.82) is 0 Å². The molecular formula is C18H21N5O2. The number of carbonyl (C=O) groups excluding carboxylic acids is 1. The minimum absolute atomic E-state index is 0.0517. The standard InChI is InChI=1S/C18H21N5O2/c24-18(22-13-2-1-6-19-10-13)14-5-9-25-16-4-8-23(11-15(14)16)17-3-7-20-12-21-17/h1-3,6-7,10,12,14-16H,4-5,8-9,11H2,(H,22,24)/t14-,15+,16-/m1/s1. The van der Waals surface area contributed by atoms with E-state index < -0.39 is 0 Å². The lowest BCUT2D eigenvalue weighted by atomic mass is 9.79. The van der Waals surface area contributed by atoms with Crippen molar-refractivity contribution >= 4 is 17.4 Å². The summed E-state index contributed by atoms with van der Waals surface area (Å²) in [5, 5.41) is 3.00. The van der Waals surface area contributed by atoms with Crippen LogP contribution in [0.4, 0.5) is 11.5 Å². The third kappa shape index (κ3) is 3.46. The summed E-state index contributed by atoms with van der Waals surface area (Å²) in [6, 6.07) is 5.59. The summed E-state index contributed by atoms with van der Waals surface area (Å²) >= 11 is 0. The number of anilines is 2. The number of aromatic nitrogens is 3. The highest BCUT2D eigenvalue weighted by Gasteiger charge is 2.42. The van der Waals surface area contributed by atoms with Crippen molar-refractivity contribution in [1.82, 2.24) is 15.0 Å². The van der Waals surface area contributed by atoms with Crippen molar-refractivity contribution in [2.75, 3.05) is 29.9 Å². The van der Waals surface area contributed by atoms with E-state index in [1.165, 1.54) is 0 Å². The van der Waals surface area contributed by atoms with Crippen LogP contribution in [-0.4, -0.2) is 46.7 Å². The van der Waals surface area contributed by atoms with Crippen LogP contribution in [0.2, 0.25) is 0 Å². The molecule has 0 saturated carbocycles. The van der Waals surface area contributed by atoms with E-state index in [4.69, 9.17) is 4.74 Å². The monoisotopic (exact) mass is 339 g/mol. The lowest BCUT2D eigenvalue weighted by Crippen LogP contribution is -2.52. The molecule has 0 unspecified atom stereocenters. The SMILES string of the molecule is O=C(Nc1cccnc1)[C@@H]1CCO[C@@H]2CCN(c3ccncn3)C[C@H]21. The fourth-order valence-electron chi connectivity index (χ4n) is 3.79. The molecule has 25 heavy (non-hydrogen) atoms. The maximum Gasteiger partial charge on any atom is 0.228 e. The zero-order valence-corrected chi connectivity index (χ0v) is 13.9. The number of fused-ring (bicyclic) bond motifs is 1. The highest BCUT2D eigenvalue weighted by atomic mass is 16.5. The van der Waals surface area contributed by atoms with Crippen LogP contribution in [0, 0.1) is 11.8 Å². The lowest BCUT2D eigenvalue weighted by Gasteiger charge is -2.44. The molecule has 2 saturated heterocycles. The van der Waals surface area contributed by atoms with Crippen LogP contribution in [-0.2, 0) is 9.53 Å². The van der Waals surface area contributed by atoms with Crippen molar-refractivity contribution in [3.05, 3.63) is 43.1 Å². The second-order valence-corrected chi connectivity index (χ2v) is 6.50. The Bertz CT molecular complexity index is 712. The first kappa shape index (κ1) is 16.0. The quantitative estimate of drug-likeness (QED) is 0.917. The van der Waals surface area contributed by atoms with Crippen LogP contribution in [0.15, 0.2) is 43.1 Å². The topological polar surface area (TPSA) is 80.2 Å². The fraction of sp³-hybridized carbons (Fsp3) is 0.444. The molecule has 0 bridgehead atoms. The van der Waals surface area contributed by atoms with E-state index in [1.807, 2.05) is 18.2 Å². The number of nitrogens with one attached hydrogen (secondary N) is 1. The molecule has 0 aromatic carbocycles. The summed E-state index contributed by atoms with van der Waals surface area (Å²) in [5.41, 5.74) is 0.735. The van der Waals surface area contributed by atoms with E-state index in [9.17, 15) is 4.79 Å². The molecule has 0 aliphatic carbocycles. The van der Waals surface area contributed by atoms with Crippen molar-refractivity contribution < 1.29 is 9.53 Å². The highest BCUT2D eigenvalue weighted by Crippen LogP contribution is 2.35. The Morgan fingerprint density at radius 3 is 3.00 bits per heavy atom. The van der Waals surface area contributed by atoms with Gasteiger partial charge in [-0.1, -0.05) is 0 Å². The molecule has 4 rings (SSSR count). The number of carbonyl (C=O) groups is 1. The number of pyridine rings is 1. The van der Waals surface area contributed by atoms with E-state index in [-0.39, 0.29) is 23.8 Å². The third-order valence-corrected chi connectivity index (χ3v) is 5.03. The van der Waals surface area contributed by atoms with Gasteiger partial charge in [0.2, 0.25) is 5.91 Å². The first-order chi connectivity index (χ1) is 12.3. The molecule has 2 aliphatic heterocycles. The Morgan fingerprint density at radius 2 is 2.20 bits per heavy atom. The van der Waals surface area contributed by atoms with E-state index in [2.05, 4.69) is 25.2 Å². The minimum Gasteiger partial charge on any atom is -0.378 e. The number of hydrogen-bond donors (Lipinski definition) is 1. The van der Waals surface area contributed by atoms with Gasteiger partial charge in [-0.3, -0.25) is 9.78 Å². The zero-order valence-electron chi connectivity index (χ0n) is 13.9. The lowest BCUT2D eigenvalue weighted by molar-refractivity contribution is -0.131. The van der Waals surface area contributed by atoms with Gasteiger partial charge in [-0.25, -0.2) is 9.97 Å². The molecule has 2 aromatic rings. The Labute approximate surface area is 146 Å². The Morgan fingerprint density at radius 1 is 1.24 bits per heavy atom. The first-order valence-corrected chi connectivity index (χ1v) is 8.65. The number of amides is 1. The zero-order chi connectivity index (χ0) is 17.1. The molecular weight excluding hydrogens is 318 g/mol. The number of ether oxygens (including phenoxy) is 1. The van der Waals surface area contributed by atoms with Crippen LogP contribution in [0.5, 0.6) is 0 Å². The van der Waals surface area contributed by atoms with Crippen LogP contribution >= 0.6 is 0 Å². The van der Waals surface area contributed by atoms with Crippen molar-refractivity contribution in [2.45, 2.75) is 18.9 Å². The summed E-state index contributed by atoms with van der Waals surface area (Å²) in [4.78, 5) is 27.4. The van der Waals surface area contributed by atoms with Crippen LogP contribution < -0.4 is 10.2 Å². The second kappa shape index (κ2) is 7.14. The largest absolute Gasteiger partial charge is 0.378 e. The minimum atomic E-state index is -0.0661. The van der Waals surface area contributed by atoms with Crippen molar-refractivity contribution in [3.63, 3.8) is 0 Å². The average molecular weight is 339 g/mol. The Hall–Kier alpha value is -2.54. The van der Waals surface area contributed by atoms with Gasteiger partial charge in [0, 0.05) is 43.9 Å². The predicted octanol–water partition coefficient (Wildman–Crippen LogP) is 1.74. The number of rotatable bonds is 3. The fourth-order valence-corrected chi connectivity index (χ4v) is 3.79. The summed E-state index contributed by atoms with van der Waals surface area (Å²) in [7, 11) is 0. The van der Waals surface area contributed by atoms with E-state index in [0.717, 1.165) is 37.4 Å². The molecule has 2 fully saturated rings. The molecule has 130 valence electrons. The number of piperidine rings is 1. The highest BCUT2D eigenvalue weighted by molar-refractivity contribution is 5.92. The molecule has 2 aliphatic rings. The van der Waals surface area contributed by atoms with Gasteiger partial charge in [-0.15, -0.1) is 0 Å². The second-order valence-electron chi connectivity index (χ2n) is 6.50. The Kier molecular flexibility index (Phi) is 4.56. The van der Waals surface area contributed by atoms with E-state index >= 15 is 0 Å². The van der Waals surface area contributed by atoms with Crippen LogP contribution in [0.25, 0.3) is 0 Å². The van der Waals surface area contributed by atoms with Gasteiger partial charge in [0.15, 0.2) is 0 Å². The summed E-state index contributed by atoms with van der Waals surface area (Å²) in [6.07, 6.45) is 8.46. The summed E-state index contributed by atoms with van der Waals surface area (Å²) in [6.45, 7) is 2.29. The molecule has 1 N–H and O–H groups in total. The first-order valence-electron chi connectivity index (χ1n) is 8.65. The maximum atomic E-state index is 12.8. The molecule has 3 atom stereocenters. The van der Waals surface area contributed by atoms with E-state index in [0.29, 0.717) is 6.61 Å². The summed E-state index contributed by atoms with van der Waals surface area (Å²) < 4.78 is 5.94. The Balaban J connectivity index is 1.49. The molecule has 7 heteroatoms. The predicted molar refractivity (Wildman–Crippen MR) is 93.1 cm³/mol. The molecule has 2 aromatic heterocycles. The van der Waals surface area contributed by atoms with E-state index in [1.54, 1.807) is 24.9 Å². The third-order valence-electron chi connectivity index (χ3n) is 5.03. The molecule has 4 heterocycles. The van der Waals surface area contributed by atoms with Crippen molar-refractivity contribution in [3.8, 4) is 0 Å². The number of hydrogen-bond acceptors (Lipinski definition) is 6. The molecule has 1 amide bonds. The van der Waals surface area contributed by atoms with Gasteiger partial charge in [0.25, 0.3) is 0 Å². The van der Waals surface area contributed by atoms with Gasteiger partial charge in [0.1, 0.15) is 12.1 Å². The summed E-state index contributed by atoms with van der Waals surface area (Å²) in [5.74, 6) is 1.05. The average Bonchev–Trinajstić information content (AvgIpc) is 2.68. The molecule has 0 radical (unpaired) electrons. The van der Waals surface area contributed by atoms with Gasteiger partial charge in [-0.2, -0.15) is 0 Å².